The minimum Gasteiger partial charge on any atom is -0.491 e. The molecule has 0 bridgehead atoms. The van der Waals surface area contributed by atoms with Gasteiger partial charge in [0.1, 0.15) is 5.75 Å². The van der Waals surface area contributed by atoms with Gasteiger partial charge in [0.2, 0.25) is 5.91 Å². The lowest BCUT2D eigenvalue weighted by Gasteiger charge is -2.15. The third kappa shape index (κ3) is 6.35. The van der Waals surface area contributed by atoms with E-state index in [1.807, 2.05) is 27.0 Å². The summed E-state index contributed by atoms with van der Waals surface area (Å²) >= 11 is 1.44. The summed E-state index contributed by atoms with van der Waals surface area (Å²) in [4.78, 5) is 21.2. The SMILES string of the molecule is CCCOc1ccc(C(F)(F)F)cc1NC(=O)CCc1c(C)nc(SC)nc1C. The van der Waals surface area contributed by atoms with E-state index in [1.54, 1.807) is 0 Å². The number of rotatable bonds is 8. The van der Waals surface area contributed by atoms with Crippen LogP contribution in [0.4, 0.5) is 18.9 Å². The average Bonchev–Trinajstić information content (AvgIpc) is 2.65. The molecule has 0 aliphatic carbocycles. The van der Waals surface area contributed by atoms with Crippen molar-refractivity contribution in [2.45, 2.75) is 51.4 Å². The smallest absolute Gasteiger partial charge is 0.416 e. The Morgan fingerprint density at radius 1 is 1.21 bits per heavy atom. The second-order valence-corrected chi connectivity index (χ2v) is 7.24. The van der Waals surface area contributed by atoms with E-state index < -0.39 is 17.6 Å². The number of halogens is 3. The Morgan fingerprint density at radius 2 is 1.86 bits per heavy atom. The van der Waals surface area contributed by atoms with Crippen molar-refractivity contribution in [3.05, 3.63) is 40.7 Å². The van der Waals surface area contributed by atoms with E-state index in [-0.39, 0.29) is 17.9 Å². The van der Waals surface area contributed by atoms with Gasteiger partial charge >= 0.3 is 6.18 Å². The molecule has 1 aromatic carbocycles. The standard InChI is InChI=1S/C20H24F3N3O2S/c1-5-10-28-17-8-6-14(20(21,22)23)11-16(17)26-18(27)9-7-15-12(2)24-19(29-4)25-13(15)3/h6,8,11H,5,7,9-10H2,1-4H3,(H,26,27). The van der Waals surface area contributed by atoms with Gasteiger partial charge < -0.3 is 10.1 Å². The topological polar surface area (TPSA) is 64.1 Å². The number of ether oxygens (including phenoxy) is 1. The van der Waals surface area contributed by atoms with Crippen LogP contribution in [0.1, 0.15) is 42.3 Å². The second-order valence-electron chi connectivity index (χ2n) is 6.47. The summed E-state index contributed by atoms with van der Waals surface area (Å²) in [7, 11) is 0. The first-order valence-electron chi connectivity index (χ1n) is 9.17. The van der Waals surface area contributed by atoms with E-state index in [1.165, 1.54) is 17.8 Å². The van der Waals surface area contributed by atoms with Crippen LogP contribution in [0.15, 0.2) is 23.4 Å². The quantitative estimate of drug-likeness (QED) is 0.464. The van der Waals surface area contributed by atoms with E-state index in [9.17, 15) is 18.0 Å². The molecule has 0 aliphatic heterocycles. The van der Waals surface area contributed by atoms with E-state index in [2.05, 4.69) is 15.3 Å². The van der Waals surface area contributed by atoms with Crippen LogP contribution in [-0.2, 0) is 17.4 Å². The maximum Gasteiger partial charge on any atom is 0.416 e. The number of benzene rings is 1. The average molecular weight is 427 g/mol. The van der Waals surface area contributed by atoms with Crippen molar-refractivity contribution in [1.82, 2.24) is 9.97 Å². The lowest BCUT2D eigenvalue weighted by molar-refractivity contribution is -0.137. The third-order valence-corrected chi connectivity index (χ3v) is 4.78. The number of nitrogens with zero attached hydrogens (tertiary/aromatic N) is 2. The monoisotopic (exact) mass is 427 g/mol. The molecule has 0 saturated heterocycles. The number of amides is 1. The number of nitrogens with one attached hydrogen (secondary N) is 1. The molecule has 2 aromatic rings. The predicted molar refractivity (Wildman–Crippen MR) is 107 cm³/mol. The highest BCUT2D eigenvalue weighted by molar-refractivity contribution is 7.98. The van der Waals surface area contributed by atoms with Crippen molar-refractivity contribution < 1.29 is 22.7 Å². The Labute approximate surface area is 172 Å². The zero-order valence-electron chi connectivity index (χ0n) is 16.8. The predicted octanol–water partition coefficient (Wildman–Crippen LogP) is 5.19. The summed E-state index contributed by atoms with van der Waals surface area (Å²) in [6.45, 7) is 5.93. The molecule has 29 heavy (non-hydrogen) atoms. The fourth-order valence-electron chi connectivity index (χ4n) is 2.75. The van der Waals surface area contributed by atoms with Crippen molar-refractivity contribution in [1.29, 1.82) is 0 Å². The highest BCUT2D eigenvalue weighted by Crippen LogP contribution is 2.35. The molecule has 0 atom stereocenters. The molecular formula is C20H24F3N3O2S. The van der Waals surface area contributed by atoms with Gasteiger partial charge in [-0.15, -0.1) is 0 Å². The number of carbonyl (C=O) groups is 1. The maximum absolute atomic E-state index is 13.0. The molecular weight excluding hydrogens is 403 g/mol. The van der Waals surface area contributed by atoms with Crippen molar-refractivity contribution in [2.75, 3.05) is 18.2 Å². The number of anilines is 1. The molecule has 9 heteroatoms. The van der Waals surface area contributed by atoms with E-state index >= 15 is 0 Å². The van der Waals surface area contributed by atoms with Crippen molar-refractivity contribution in [3.63, 3.8) is 0 Å². The van der Waals surface area contributed by atoms with E-state index in [0.29, 0.717) is 24.6 Å². The lowest BCUT2D eigenvalue weighted by Crippen LogP contribution is -2.16. The van der Waals surface area contributed by atoms with Gasteiger partial charge in [0, 0.05) is 17.8 Å². The number of hydrogen-bond acceptors (Lipinski definition) is 5. The molecule has 0 spiro atoms. The van der Waals surface area contributed by atoms with Crippen molar-refractivity contribution in [3.8, 4) is 5.75 Å². The van der Waals surface area contributed by atoms with Gasteiger partial charge in [-0.25, -0.2) is 9.97 Å². The molecule has 1 aromatic heterocycles. The summed E-state index contributed by atoms with van der Waals surface area (Å²) in [5, 5.41) is 3.22. The highest BCUT2D eigenvalue weighted by atomic mass is 32.2. The molecule has 1 amide bonds. The minimum atomic E-state index is -4.51. The fourth-order valence-corrected chi connectivity index (χ4v) is 3.21. The van der Waals surface area contributed by atoms with Gasteiger partial charge in [-0.05, 0) is 56.7 Å². The highest BCUT2D eigenvalue weighted by Gasteiger charge is 2.31. The summed E-state index contributed by atoms with van der Waals surface area (Å²) in [6.07, 6.45) is -1.45. The number of aryl methyl sites for hydroxylation is 2. The summed E-state index contributed by atoms with van der Waals surface area (Å²) in [5.74, 6) is -0.188. The van der Waals surface area contributed by atoms with Gasteiger partial charge in [-0.1, -0.05) is 18.7 Å². The van der Waals surface area contributed by atoms with E-state index in [0.717, 1.165) is 29.1 Å². The molecule has 1 heterocycles. The summed E-state index contributed by atoms with van der Waals surface area (Å²) in [5.41, 5.74) is 1.62. The molecule has 0 radical (unpaired) electrons. The van der Waals surface area contributed by atoms with Crippen molar-refractivity contribution in [2.24, 2.45) is 0 Å². The molecule has 1 N–H and O–H groups in total. The van der Waals surface area contributed by atoms with Crippen LogP contribution in [-0.4, -0.2) is 28.7 Å². The Kier molecular flexibility index (Phi) is 7.89. The van der Waals surface area contributed by atoms with Gasteiger partial charge in [0.05, 0.1) is 17.9 Å². The van der Waals surface area contributed by atoms with E-state index in [4.69, 9.17) is 4.74 Å². The molecule has 158 valence electrons. The molecule has 0 saturated carbocycles. The number of thioether (sulfide) groups is 1. The second kappa shape index (κ2) is 9.96. The number of aromatic nitrogens is 2. The fraction of sp³-hybridized carbons (Fsp3) is 0.450. The molecule has 0 unspecified atom stereocenters. The maximum atomic E-state index is 13.0. The first-order valence-corrected chi connectivity index (χ1v) is 10.4. The third-order valence-electron chi connectivity index (χ3n) is 4.23. The van der Waals surface area contributed by atoms with Crippen LogP contribution in [0, 0.1) is 13.8 Å². The van der Waals surface area contributed by atoms with Gasteiger partial charge in [-0.2, -0.15) is 13.2 Å². The van der Waals surface area contributed by atoms with Crippen molar-refractivity contribution >= 4 is 23.4 Å². The zero-order chi connectivity index (χ0) is 21.6. The number of alkyl halides is 3. The summed E-state index contributed by atoms with van der Waals surface area (Å²) < 4.78 is 44.6. The first kappa shape index (κ1) is 23.0. The minimum absolute atomic E-state index is 0.0145. The van der Waals surface area contributed by atoms with Crippen LogP contribution in [0.5, 0.6) is 5.75 Å². The normalized spacial score (nSPS) is 11.4. The number of hydrogen-bond donors (Lipinski definition) is 1. The zero-order valence-corrected chi connectivity index (χ0v) is 17.6. The Hall–Kier alpha value is -2.29. The molecule has 2 rings (SSSR count). The van der Waals surface area contributed by atoms with Crippen LogP contribution >= 0.6 is 11.8 Å². The van der Waals surface area contributed by atoms with Gasteiger partial charge in [-0.3, -0.25) is 4.79 Å². The Bertz CT molecular complexity index is 850. The Balaban J connectivity index is 2.15. The van der Waals surface area contributed by atoms with Crippen LogP contribution < -0.4 is 10.1 Å². The lowest BCUT2D eigenvalue weighted by atomic mass is 10.1. The molecule has 0 fully saturated rings. The van der Waals surface area contributed by atoms with Gasteiger partial charge in [0.25, 0.3) is 0 Å². The van der Waals surface area contributed by atoms with Crippen LogP contribution in [0.3, 0.4) is 0 Å². The van der Waals surface area contributed by atoms with Gasteiger partial charge in [0.15, 0.2) is 5.16 Å². The Morgan fingerprint density at radius 3 is 2.41 bits per heavy atom. The molecule has 0 aliphatic rings. The first-order chi connectivity index (χ1) is 13.7. The molecule has 5 nitrogen and oxygen atoms in total. The summed E-state index contributed by atoms with van der Waals surface area (Å²) in [6, 6.07) is 3.07. The largest absolute Gasteiger partial charge is 0.491 e. The number of carbonyl (C=O) groups excluding carboxylic acids is 1. The van der Waals surface area contributed by atoms with Crippen LogP contribution in [0.2, 0.25) is 0 Å². The van der Waals surface area contributed by atoms with Crippen LogP contribution in [0.25, 0.3) is 0 Å².